The molecule has 0 aliphatic rings. The van der Waals surface area contributed by atoms with E-state index in [0.29, 0.717) is 5.02 Å². The summed E-state index contributed by atoms with van der Waals surface area (Å²) in [6, 6.07) is 7.57. The van der Waals surface area contributed by atoms with E-state index in [1.807, 2.05) is 31.2 Å². The highest BCUT2D eigenvalue weighted by atomic mass is 127. The second-order valence-corrected chi connectivity index (χ2v) is 7.38. The summed E-state index contributed by atoms with van der Waals surface area (Å²) in [5, 5.41) is 11.1. The van der Waals surface area contributed by atoms with Crippen molar-refractivity contribution in [3.05, 3.63) is 52.6 Å². The molecule has 0 fully saturated rings. The normalized spacial score (nSPS) is 12.8. The van der Waals surface area contributed by atoms with Crippen LogP contribution in [0.4, 0.5) is 0 Å². The Balaban J connectivity index is 2.46. The molecule has 5 heteroatoms. The molecule has 90 valence electrons. The fourth-order valence-corrected chi connectivity index (χ4v) is 4.24. The van der Waals surface area contributed by atoms with Crippen LogP contribution in [0.15, 0.2) is 28.7 Å². The summed E-state index contributed by atoms with van der Waals surface area (Å²) >= 11 is 13.2. The number of thiophene rings is 1. The standard InChI is InChI=1S/C12H9BrClIOS/c1-6-4-9(13)12(17-6)11(16)8-5-7(14)2-3-10(8)15/h2-5,11,16H,1H3. The Hall–Kier alpha value is 0.380. The molecule has 1 aromatic heterocycles. The van der Waals surface area contributed by atoms with Crippen LogP contribution >= 0.6 is 61.5 Å². The minimum atomic E-state index is -0.631. The van der Waals surface area contributed by atoms with E-state index < -0.39 is 6.10 Å². The average molecular weight is 444 g/mol. The second-order valence-electron chi connectivity index (χ2n) is 3.64. The number of benzene rings is 1. The Bertz CT molecular complexity index is 555. The van der Waals surface area contributed by atoms with Crippen LogP contribution in [0.2, 0.25) is 5.02 Å². The molecule has 2 aromatic rings. The number of hydrogen-bond donors (Lipinski definition) is 1. The summed E-state index contributed by atoms with van der Waals surface area (Å²) in [6.45, 7) is 2.02. The molecule has 1 aromatic carbocycles. The highest BCUT2D eigenvalue weighted by Crippen LogP contribution is 2.37. The van der Waals surface area contributed by atoms with E-state index in [4.69, 9.17) is 11.6 Å². The fraction of sp³-hybridized carbons (Fsp3) is 0.167. The number of aryl methyl sites for hydroxylation is 1. The molecular formula is C12H9BrClIOS. The highest BCUT2D eigenvalue weighted by molar-refractivity contribution is 14.1. The van der Waals surface area contributed by atoms with E-state index >= 15 is 0 Å². The van der Waals surface area contributed by atoms with Crippen LogP contribution in [0, 0.1) is 10.5 Å². The monoisotopic (exact) mass is 442 g/mol. The molecule has 17 heavy (non-hydrogen) atoms. The SMILES string of the molecule is Cc1cc(Br)c(C(O)c2cc(Cl)ccc2I)s1. The molecule has 0 bridgehead atoms. The molecule has 1 nitrogen and oxygen atoms in total. The van der Waals surface area contributed by atoms with Crippen molar-refractivity contribution in [1.29, 1.82) is 0 Å². The Morgan fingerprint density at radius 2 is 2.12 bits per heavy atom. The van der Waals surface area contributed by atoms with Crippen LogP contribution in [-0.2, 0) is 0 Å². The number of rotatable bonds is 2. The molecule has 1 unspecified atom stereocenters. The van der Waals surface area contributed by atoms with Crippen LogP contribution in [0.1, 0.15) is 21.4 Å². The molecule has 1 heterocycles. The van der Waals surface area contributed by atoms with Gasteiger partial charge in [-0.1, -0.05) is 11.6 Å². The molecule has 0 spiro atoms. The van der Waals surface area contributed by atoms with E-state index in [1.165, 1.54) is 4.88 Å². The fourth-order valence-electron chi connectivity index (χ4n) is 1.55. The van der Waals surface area contributed by atoms with Crippen LogP contribution in [0.3, 0.4) is 0 Å². The van der Waals surface area contributed by atoms with Gasteiger partial charge in [-0.2, -0.15) is 0 Å². The topological polar surface area (TPSA) is 20.2 Å². The summed E-state index contributed by atoms with van der Waals surface area (Å²) in [4.78, 5) is 2.09. The maximum Gasteiger partial charge on any atom is 0.115 e. The lowest BCUT2D eigenvalue weighted by Crippen LogP contribution is -2.00. The molecule has 2 rings (SSSR count). The van der Waals surface area contributed by atoms with Crippen LogP contribution in [0.5, 0.6) is 0 Å². The Morgan fingerprint density at radius 3 is 2.71 bits per heavy atom. The Labute approximate surface area is 131 Å². The quantitative estimate of drug-likeness (QED) is 0.636. The van der Waals surface area contributed by atoms with Gasteiger partial charge in [0, 0.05) is 23.5 Å². The van der Waals surface area contributed by atoms with E-state index in [1.54, 1.807) is 11.3 Å². The van der Waals surface area contributed by atoms with Gasteiger partial charge in [-0.25, -0.2) is 0 Å². The van der Waals surface area contributed by atoms with Crippen molar-refractivity contribution in [1.82, 2.24) is 0 Å². The third-order valence-corrected chi connectivity index (χ3v) is 5.58. The van der Waals surface area contributed by atoms with Crippen molar-refractivity contribution in [2.75, 3.05) is 0 Å². The summed E-state index contributed by atoms with van der Waals surface area (Å²) in [5.74, 6) is 0. The minimum absolute atomic E-state index is 0.631. The van der Waals surface area contributed by atoms with Crippen LogP contribution in [0.25, 0.3) is 0 Å². The zero-order valence-corrected chi connectivity index (χ0v) is 14.2. The highest BCUT2D eigenvalue weighted by Gasteiger charge is 2.19. The number of aliphatic hydroxyl groups excluding tert-OH is 1. The van der Waals surface area contributed by atoms with E-state index in [-0.39, 0.29) is 0 Å². The van der Waals surface area contributed by atoms with E-state index in [2.05, 4.69) is 38.5 Å². The second kappa shape index (κ2) is 5.57. The van der Waals surface area contributed by atoms with Gasteiger partial charge < -0.3 is 5.11 Å². The summed E-state index contributed by atoms with van der Waals surface area (Å²) in [7, 11) is 0. The maximum atomic E-state index is 10.4. The first-order valence-electron chi connectivity index (χ1n) is 4.88. The molecule has 0 aliphatic carbocycles. The minimum Gasteiger partial charge on any atom is -0.383 e. The lowest BCUT2D eigenvalue weighted by Gasteiger charge is -2.12. The number of hydrogen-bond acceptors (Lipinski definition) is 2. The number of aliphatic hydroxyl groups is 1. The molecule has 0 radical (unpaired) electrons. The van der Waals surface area contributed by atoms with Crippen molar-refractivity contribution in [3.63, 3.8) is 0 Å². The van der Waals surface area contributed by atoms with Gasteiger partial charge in [0.15, 0.2) is 0 Å². The van der Waals surface area contributed by atoms with Crippen molar-refractivity contribution in [2.24, 2.45) is 0 Å². The summed E-state index contributed by atoms with van der Waals surface area (Å²) in [6.07, 6.45) is -0.631. The first-order valence-corrected chi connectivity index (χ1v) is 7.94. The largest absolute Gasteiger partial charge is 0.383 e. The van der Waals surface area contributed by atoms with Gasteiger partial charge in [-0.3, -0.25) is 0 Å². The van der Waals surface area contributed by atoms with Crippen molar-refractivity contribution in [3.8, 4) is 0 Å². The van der Waals surface area contributed by atoms with Gasteiger partial charge in [-0.15, -0.1) is 11.3 Å². The summed E-state index contributed by atoms with van der Waals surface area (Å²) < 4.78 is 1.96. The third-order valence-electron chi connectivity index (χ3n) is 2.34. The van der Waals surface area contributed by atoms with E-state index in [9.17, 15) is 5.11 Å². The first-order chi connectivity index (χ1) is 7.99. The predicted octanol–water partition coefficient (Wildman–Crippen LogP) is 5.16. The van der Waals surface area contributed by atoms with Crippen molar-refractivity contribution >= 4 is 61.5 Å². The smallest absolute Gasteiger partial charge is 0.115 e. The third kappa shape index (κ3) is 3.04. The number of halogens is 3. The van der Waals surface area contributed by atoms with Crippen molar-refractivity contribution < 1.29 is 5.11 Å². The summed E-state index contributed by atoms with van der Waals surface area (Å²) in [5.41, 5.74) is 0.848. The van der Waals surface area contributed by atoms with Gasteiger partial charge in [0.2, 0.25) is 0 Å². The van der Waals surface area contributed by atoms with Gasteiger partial charge in [0.1, 0.15) is 6.10 Å². The first kappa shape index (κ1) is 13.8. The molecule has 0 saturated heterocycles. The lowest BCUT2D eigenvalue weighted by molar-refractivity contribution is 0.222. The molecule has 0 saturated carbocycles. The predicted molar refractivity (Wildman–Crippen MR) is 85.0 cm³/mol. The molecular weight excluding hydrogens is 434 g/mol. The van der Waals surface area contributed by atoms with Crippen LogP contribution in [-0.4, -0.2) is 5.11 Å². The maximum absolute atomic E-state index is 10.4. The van der Waals surface area contributed by atoms with E-state index in [0.717, 1.165) is 18.5 Å². The molecule has 0 amide bonds. The van der Waals surface area contributed by atoms with Gasteiger partial charge in [-0.05, 0) is 69.7 Å². The molecule has 1 N–H and O–H groups in total. The van der Waals surface area contributed by atoms with Crippen molar-refractivity contribution in [2.45, 2.75) is 13.0 Å². The Kier molecular flexibility index (Phi) is 4.52. The van der Waals surface area contributed by atoms with Crippen LogP contribution < -0.4 is 0 Å². The Morgan fingerprint density at radius 1 is 1.41 bits per heavy atom. The average Bonchev–Trinajstić information content (AvgIpc) is 2.60. The lowest BCUT2D eigenvalue weighted by atomic mass is 10.1. The van der Waals surface area contributed by atoms with Gasteiger partial charge in [0.05, 0.1) is 4.88 Å². The molecule has 1 atom stereocenters. The van der Waals surface area contributed by atoms with Gasteiger partial charge >= 0.3 is 0 Å². The zero-order chi connectivity index (χ0) is 12.6. The molecule has 0 aliphatic heterocycles. The van der Waals surface area contributed by atoms with Gasteiger partial charge in [0.25, 0.3) is 0 Å². The zero-order valence-electron chi connectivity index (χ0n) is 8.88.